The Hall–Kier alpha value is -1.63. The number of aromatic nitrogens is 3. The van der Waals surface area contributed by atoms with E-state index in [4.69, 9.17) is 9.47 Å². The predicted octanol–water partition coefficient (Wildman–Crippen LogP) is 1.17. The molecule has 0 fully saturated rings. The molecular weight excluding hydrogens is 246 g/mol. The lowest BCUT2D eigenvalue weighted by Gasteiger charge is -2.18. The van der Waals surface area contributed by atoms with E-state index in [1.165, 1.54) is 7.11 Å². The zero-order valence-electron chi connectivity index (χ0n) is 12.3. The second-order valence-electron chi connectivity index (χ2n) is 4.32. The van der Waals surface area contributed by atoms with Crippen LogP contribution in [0.3, 0.4) is 0 Å². The summed E-state index contributed by atoms with van der Waals surface area (Å²) in [5, 5.41) is 3.05. The number of rotatable bonds is 8. The van der Waals surface area contributed by atoms with E-state index in [0.717, 1.165) is 6.54 Å². The van der Waals surface area contributed by atoms with Crippen molar-refractivity contribution in [3.05, 3.63) is 0 Å². The topological polar surface area (TPSA) is 72.4 Å². The molecule has 7 nitrogen and oxygen atoms in total. The van der Waals surface area contributed by atoms with Gasteiger partial charge in [0.25, 0.3) is 0 Å². The maximum atomic E-state index is 5.51. The Balaban J connectivity index is 2.71. The Labute approximate surface area is 114 Å². The van der Waals surface area contributed by atoms with Gasteiger partial charge in [0.1, 0.15) is 0 Å². The Morgan fingerprint density at radius 3 is 2.58 bits per heavy atom. The van der Waals surface area contributed by atoms with Crippen molar-refractivity contribution in [1.82, 2.24) is 15.0 Å². The predicted molar refractivity (Wildman–Crippen MR) is 74.9 cm³/mol. The molecule has 108 valence electrons. The molecule has 0 aromatic carbocycles. The molecular formula is C12H23N5O2. The minimum Gasteiger partial charge on any atom is -0.467 e. The molecule has 1 aromatic heterocycles. The molecule has 0 aliphatic heterocycles. The second-order valence-corrected chi connectivity index (χ2v) is 4.32. The van der Waals surface area contributed by atoms with Gasteiger partial charge in [0.15, 0.2) is 0 Å². The van der Waals surface area contributed by atoms with Crippen LogP contribution < -0.4 is 15.0 Å². The maximum Gasteiger partial charge on any atom is 0.322 e. The molecule has 0 amide bonds. The first-order valence-electron chi connectivity index (χ1n) is 6.43. The van der Waals surface area contributed by atoms with Crippen LogP contribution >= 0.6 is 0 Å². The molecule has 0 aliphatic carbocycles. The number of ether oxygens (including phenoxy) is 2. The van der Waals surface area contributed by atoms with Crippen LogP contribution in [-0.2, 0) is 4.74 Å². The number of anilines is 2. The van der Waals surface area contributed by atoms with E-state index < -0.39 is 0 Å². The van der Waals surface area contributed by atoms with Gasteiger partial charge >= 0.3 is 6.01 Å². The van der Waals surface area contributed by atoms with E-state index in [1.807, 2.05) is 32.7 Å². The lowest BCUT2D eigenvalue weighted by atomic mass is 10.5. The van der Waals surface area contributed by atoms with Crippen molar-refractivity contribution >= 4 is 11.9 Å². The van der Waals surface area contributed by atoms with E-state index in [9.17, 15) is 0 Å². The molecule has 1 aromatic rings. The largest absolute Gasteiger partial charge is 0.467 e. The van der Waals surface area contributed by atoms with Gasteiger partial charge in [-0.2, -0.15) is 15.0 Å². The average Bonchev–Trinajstić information content (AvgIpc) is 2.38. The fourth-order valence-electron chi connectivity index (χ4n) is 1.37. The van der Waals surface area contributed by atoms with Crippen LogP contribution in [0.5, 0.6) is 6.01 Å². The van der Waals surface area contributed by atoms with Crippen LogP contribution in [0.1, 0.15) is 20.8 Å². The quantitative estimate of drug-likeness (QED) is 0.759. The monoisotopic (exact) mass is 269 g/mol. The van der Waals surface area contributed by atoms with E-state index in [2.05, 4.69) is 20.3 Å². The summed E-state index contributed by atoms with van der Waals surface area (Å²) in [6, 6.07) is 0.303. The van der Waals surface area contributed by atoms with Crippen LogP contribution in [0.15, 0.2) is 0 Å². The molecule has 0 saturated heterocycles. The summed E-state index contributed by atoms with van der Waals surface area (Å²) in [4.78, 5) is 14.6. The Morgan fingerprint density at radius 1 is 1.26 bits per heavy atom. The van der Waals surface area contributed by atoms with Crippen molar-refractivity contribution in [3.63, 3.8) is 0 Å². The van der Waals surface area contributed by atoms with Crippen molar-refractivity contribution in [2.75, 3.05) is 44.1 Å². The average molecular weight is 269 g/mol. The summed E-state index contributed by atoms with van der Waals surface area (Å²) in [5.74, 6) is 1.08. The van der Waals surface area contributed by atoms with Crippen LogP contribution in [0.25, 0.3) is 0 Å². The van der Waals surface area contributed by atoms with E-state index >= 15 is 0 Å². The maximum absolute atomic E-state index is 5.51. The Bertz CT molecular complexity index is 386. The molecule has 0 radical (unpaired) electrons. The summed E-state index contributed by atoms with van der Waals surface area (Å²) >= 11 is 0. The van der Waals surface area contributed by atoms with Gasteiger partial charge in [-0.1, -0.05) is 0 Å². The molecule has 0 unspecified atom stereocenters. The number of hydrogen-bond acceptors (Lipinski definition) is 7. The number of hydrogen-bond donors (Lipinski definition) is 1. The first-order chi connectivity index (χ1) is 9.06. The summed E-state index contributed by atoms with van der Waals surface area (Å²) in [6.45, 7) is 8.07. The minimum absolute atomic E-state index is 0.221. The summed E-state index contributed by atoms with van der Waals surface area (Å²) in [7, 11) is 3.45. The smallest absolute Gasteiger partial charge is 0.322 e. The zero-order valence-corrected chi connectivity index (χ0v) is 12.3. The third-order valence-corrected chi connectivity index (χ3v) is 2.34. The van der Waals surface area contributed by atoms with Gasteiger partial charge in [-0.05, 0) is 20.8 Å². The fourth-order valence-corrected chi connectivity index (χ4v) is 1.37. The van der Waals surface area contributed by atoms with Gasteiger partial charge in [0.05, 0.1) is 19.8 Å². The molecule has 1 rings (SSSR count). The van der Waals surface area contributed by atoms with Crippen LogP contribution in [0, 0.1) is 0 Å². The first-order valence-corrected chi connectivity index (χ1v) is 6.43. The second kappa shape index (κ2) is 7.73. The van der Waals surface area contributed by atoms with Gasteiger partial charge in [-0.3, -0.25) is 0 Å². The van der Waals surface area contributed by atoms with E-state index in [-0.39, 0.29) is 6.10 Å². The van der Waals surface area contributed by atoms with Gasteiger partial charge in [-0.15, -0.1) is 0 Å². The van der Waals surface area contributed by atoms with Crippen molar-refractivity contribution in [2.24, 2.45) is 0 Å². The highest BCUT2D eigenvalue weighted by atomic mass is 16.5. The van der Waals surface area contributed by atoms with Crippen molar-refractivity contribution < 1.29 is 9.47 Å². The number of likely N-dealkylation sites (N-methyl/N-ethyl adjacent to an activating group) is 1. The molecule has 0 saturated carbocycles. The number of methoxy groups -OCH3 is 1. The summed E-state index contributed by atoms with van der Waals surface area (Å²) in [6.07, 6.45) is 0.221. The summed E-state index contributed by atoms with van der Waals surface area (Å²) in [5.41, 5.74) is 0. The molecule has 0 spiro atoms. The third kappa shape index (κ3) is 5.25. The van der Waals surface area contributed by atoms with Crippen LogP contribution in [0.2, 0.25) is 0 Å². The van der Waals surface area contributed by atoms with Crippen LogP contribution in [0.4, 0.5) is 11.9 Å². The molecule has 1 heterocycles. The summed E-state index contributed by atoms with van der Waals surface area (Å²) < 4.78 is 10.6. The van der Waals surface area contributed by atoms with Gasteiger partial charge in [0, 0.05) is 20.1 Å². The molecule has 0 bridgehead atoms. The van der Waals surface area contributed by atoms with E-state index in [1.54, 1.807) is 0 Å². The van der Waals surface area contributed by atoms with Crippen LogP contribution in [-0.4, -0.2) is 54.9 Å². The lowest BCUT2D eigenvalue weighted by molar-refractivity contribution is 0.0844. The fraction of sp³-hybridized carbons (Fsp3) is 0.750. The Kier molecular flexibility index (Phi) is 6.27. The normalized spacial score (nSPS) is 10.6. The number of nitrogens with one attached hydrogen (secondary N) is 1. The number of nitrogens with zero attached hydrogens (tertiary/aromatic N) is 4. The first kappa shape index (κ1) is 15.4. The van der Waals surface area contributed by atoms with Crippen molar-refractivity contribution in [2.45, 2.75) is 26.9 Å². The van der Waals surface area contributed by atoms with Gasteiger partial charge in [0.2, 0.25) is 11.9 Å². The molecule has 1 N–H and O–H groups in total. The van der Waals surface area contributed by atoms with E-state index in [0.29, 0.717) is 31.1 Å². The standard InChI is InChI=1S/C12H23N5O2/c1-6-13-10-14-11(16-12(15-10)18-5)17(4)7-8-19-9(2)3/h9H,6-8H2,1-5H3,(H,13,14,15,16). The van der Waals surface area contributed by atoms with Crippen molar-refractivity contribution in [3.8, 4) is 6.01 Å². The van der Waals surface area contributed by atoms with Crippen molar-refractivity contribution in [1.29, 1.82) is 0 Å². The highest BCUT2D eigenvalue weighted by Crippen LogP contribution is 2.13. The highest BCUT2D eigenvalue weighted by Gasteiger charge is 2.10. The molecule has 19 heavy (non-hydrogen) atoms. The highest BCUT2D eigenvalue weighted by molar-refractivity contribution is 5.37. The molecule has 7 heteroatoms. The Morgan fingerprint density at radius 2 is 2.00 bits per heavy atom. The molecule has 0 atom stereocenters. The lowest BCUT2D eigenvalue weighted by Crippen LogP contribution is -2.26. The zero-order chi connectivity index (χ0) is 14.3. The van der Waals surface area contributed by atoms with Gasteiger partial charge in [-0.25, -0.2) is 0 Å². The minimum atomic E-state index is 0.221. The third-order valence-electron chi connectivity index (χ3n) is 2.34. The van der Waals surface area contributed by atoms with Gasteiger partial charge < -0.3 is 19.7 Å². The SMILES string of the molecule is CCNc1nc(OC)nc(N(C)CCOC(C)C)n1. The molecule has 0 aliphatic rings.